The van der Waals surface area contributed by atoms with Gasteiger partial charge in [-0.3, -0.25) is 4.98 Å². The Bertz CT molecular complexity index is 983. The van der Waals surface area contributed by atoms with Crippen molar-refractivity contribution in [3.8, 4) is 0 Å². The SMILES string of the molecule is CCc1cnc(CC)c2c1C(O)(c1ccc(C)cc1)C(C(=O)OC(=O)O)OC2=O. The van der Waals surface area contributed by atoms with Gasteiger partial charge in [-0.2, -0.15) is 0 Å². The lowest BCUT2D eigenvalue weighted by Crippen LogP contribution is -2.54. The van der Waals surface area contributed by atoms with Gasteiger partial charge in [0, 0.05) is 11.8 Å². The first kappa shape index (κ1) is 20.5. The molecule has 152 valence electrons. The van der Waals surface area contributed by atoms with Crippen LogP contribution >= 0.6 is 0 Å². The second-order valence-electron chi connectivity index (χ2n) is 6.79. The molecule has 0 amide bonds. The number of hydrogen-bond donors (Lipinski definition) is 2. The second-order valence-corrected chi connectivity index (χ2v) is 6.79. The van der Waals surface area contributed by atoms with E-state index in [9.17, 15) is 19.5 Å². The zero-order valence-corrected chi connectivity index (χ0v) is 16.3. The van der Waals surface area contributed by atoms with Crippen molar-refractivity contribution in [3.05, 3.63) is 64.0 Å². The Hall–Kier alpha value is -3.26. The van der Waals surface area contributed by atoms with Gasteiger partial charge >= 0.3 is 18.1 Å². The average molecular weight is 399 g/mol. The normalized spacial score (nSPS) is 20.6. The summed E-state index contributed by atoms with van der Waals surface area (Å²) < 4.78 is 9.50. The predicted octanol–water partition coefficient (Wildman–Crippen LogP) is 2.51. The largest absolute Gasteiger partial charge is 0.513 e. The Kier molecular flexibility index (Phi) is 5.39. The molecule has 0 spiro atoms. The second kappa shape index (κ2) is 7.63. The quantitative estimate of drug-likeness (QED) is 0.594. The van der Waals surface area contributed by atoms with Crippen molar-refractivity contribution in [2.24, 2.45) is 0 Å². The molecule has 1 aliphatic rings. The number of carboxylic acid groups (broad SMARTS) is 1. The molecular weight excluding hydrogens is 378 g/mol. The van der Waals surface area contributed by atoms with E-state index in [-0.39, 0.29) is 16.7 Å². The molecule has 29 heavy (non-hydrogen) atoms. The Morgan fingerprint density at radius 3 is 2.41 bits per heavy atom. The minimum absolute atomic E-state index is 0.0919. The zero-order chi connectivity index (χ0) is 21.3. The fourth-order valence-electron chi connectivity index (χ4n) is 3.63. The fourth-order valence-corrected chi connectivity index (χ4v) is 3.63. The van der Waals surface area contributed by atoms with Crippen LogP contribution in [0.15, 0.2) is 30.5 Å². The van der Waals surface area contributed by atoms with E-state index >= 15 is 0 Å². The third-order valence-electron chi connectivity index (χ3n) is 5.03. The Morgan fingerprint density at radius 2 is 1.86 bits per heavy atom. The molecule has 1 aliphatic heterocycles. The number of carbonyl (C=O) groups is 3. The summed E-state index contributed by atoms with van der Waals surface area (Å²) in [7, 11) is 0. The van der Waals surface area contributed by atoms with E-state index in [0.717, 1.165) is 5.56 Å². The average Bonchev–Trinajstić information content (AvgIpc) is 2.69. The highest BCUT2D eigenvalue weighted by molar-refractivity contribution is 5.99. The molecule has 2 N–H and O–H groups in total. The lowest BCUT2D eigenvalue weighted by Gasteiger charge is -2.40. The summed E-state index contributed by atoms with van der Waals surface area (Å²) >= 11 is 0. The number of ether oxygens (including phenoxy) is 2. The van der Waals surface area contributed by atoms with Crippen molar-refractivity contribution in [2.45, 2.75) is 45.3 Å². The van der Waals surface area contributed by atoms with Gasteiger partial charge in [0.2, 0.25) is 6.10 Å². The Morgan fingerprint density at radius 1 is 1.21 bits per heavy atom. The highest BCUT2D eigenvalue weighted by atomic mass is 16.7. The third kappa shape index (κ3) is 3.36. The molecule has 0 saturated carbocycles. The molecule has 8 nitrogen and oxygen atoms in total. The van der Waals surface area contributed by atoms with Crippen LogP contribution in [0.25, 0.3) is 0 Å². The number of esters is 2. The number of carbonyl (C=O) groups excluding carboxylic acids is 2. The first-order valence-electron chi connectivity index (χ1n) is 9.20. The van der Waals surface area contributed by atoms with Crippen LogP contribution < -0.4 is 0 Å². The molecule has 2 aromatic rings. The van der Waals surface area contributed by atoms with Crippen molar-refractivity contribution in [1.82, 2.24) is 4.98 Å². The molecule has 1 aromatic heterocycles. The molecule has 0 radical (unpaired) electrons. The number of nitrogens with zero attached hydrogens (tertiary/aromatic N) is 1. The number of aryl methyl sites for hydroxylation is 3. The fraction of sp³-hybridized carbons (Fsp3) is 0.333. The topological polar surface area (TPSA) is 123 Å². The summed E-state index contributed by atoms with van der Waals surface area (Å²) in [5, 5.41) is 20.7. The molecule has 0 aliphatic carbocycles. The maximum atomic E-state index is 12.8. The van der Waals surface area contributed by atoms with Crippen molar-refractivity contribution < 1.29 is 34.1 Å². The van der Waals surface area contributed by atoms with E-state index in [0.29, 0.717) is 24.1 Å². The molecule has 0 saturated heterocycles. The maximum Gasteiger partial charge on any atom is 0.513 e. The molecule has 2 heterocycles. The zero-order valence-electron chi connectivity index (χ0n) is 16.3. The summed E-state index contributed by atoms with van der Waals surface area (Å²) in [6.45, 7) is 5.48. The van der Waals surface area contributed by atoms with Crippen LogP contribution in [0, 0.1) is 6.92 Å². The lowest BCUT2D eigenvalue weighted by molar-refractivity contribution is -0.164. The van der Waals surface area contributed by atoms with Gasteiger partial charge in [0.1, 0.15) is 0 Å². The highest BCUT2D eigenvalue weighted by Crippen LogP contribution is 2.44. The first-order valence-corrected chi connectivity index (χ1v) is 9.20. The van der Waals surface area contributed by atoms with E-state index < -0.39 is 29.8 Å². The van der Waals surface area contributed by atoms with Crippen LogP contribution in [0.2, 0.25) is 0 Å². The van der Waals surface area contributed by atoms with Gasteiger partial charge in [-0.25, -0.2) is 14.4 Å². The van der Waals surface area contributed by atoms with Crippen LogP contribution in [0.1, 0.15) is 52.2 Å². The molecule has 2 unspecified atom stereocenters. The van der Waals surface area contributed by atoms with E-state index in [2.05, 4.69) is 9.72 Å². The van der Waals surface area contributed by atoms with E-state index in [4.69, 9.17) is 9.84 Å². The number of aliphatic hydroxyl groups is 1. The number of fused-ring (bicyclic) bond motifs is 1. The molecule has 0 bridgehead atoms. The molecule has 1 aromatic carbocycles. The molecule has 2 atom stereocenters. The van der Waals surface area contributed by atoms with Crippen molar-refractivity contribution in [2.75, 3.05) is 0 Å². The van der Waals surface area contributed by atoms with Gasteiger partial charge in [0.25, 0.3) is 0 Å². The van der Waals surface area contributed by atoms with Gasteiger partial charge < -0.3 is 19.7 Å². The lowest BCUT2D eigenvalue weighted by atomic mass is 9.74. The smallest absolute Gasteiger partial charge is 0.449 e. The Balaban J connectivity index is 2.36. The number of benzene rings is 1. The highest BCUT2D eigenvalue weighted by Gasteiger charge is 2.55. The van der Waals surface area contributed by atoms with Gasteiger partial charge in [0.15, 0.2) is 5.60 Å². The minimum Gasteiger partial charge on any atom is -0.449 e. The summed E-state index contributed by atoms with van der Waals surface area (Å²) in [4.78, 5) is 40.5. The van der Waals surface area contributed by atoms with Gasteiger partial charge in [-0.1, -0.05) is 43.7 Å². The predicted molar refractivity (Wildman–Crippen MR) is 100 cm³/mol. The van der Waals surface area contributed by atoms with Crippen LogP contribution in [0.5, 0.6) is 0 Å². The number of cyclic esters (lactones) is 1. The van der Waals surface area contributed by atoms with E-state index in [1.54, 1.807) is 37.4 Å². The third-order valence-corrected chi connectivity index (χ3v) is 5.03. The van der Waals surface area contributed by atoms with E-state index in [1.807, 2.05) is 13.8 Å². The standard InChI is InChI=1S/C21H21NO7/c1-4-12-10-22-14(5-2)15-16(12)21(27,13-8-6-11(3)7-9-13)17(28-18(15)23)19(24)29-20(25)26/h6-10,17,27H,4-5H2,1-3H3,(H,25,26). The maximum absolute atomic E-state index is 12.8. The van der Waals surface area contributed by atoms with Crippen LogP contribution in [0.3, 0.4) is 0 Å². The minimum atomic E-state index is -2.14. The molecule has 0 fully saturated rings. The van der Waals surface area contributed by atoms with Crippen molar-refractivity contribution >= 4 is 18.1 Å². The van der Waals surface area contributed by atoms with Gasteiger partial charge in [-0.15, -0.1) is 0 Å². The first-order chi connectivity index (χ1) is 13.7. The number of rotatable bonds is 4. The van der Waals surface area contributed by atoms with Gasteiger partial charge in [0.05, 0.1) is 11.3 Å². The summed E-state index contributed by atoms with van der Waals surface area (Å²) in [5.74, 6) is -2.24. The van der Waals surface area contributed by atoms with Crippen molar-refractivity contribution in [1.29, 1.82) is 0 Å². The number of hydrogen-bond acceptors (Lipinski definition) is 7. The summed E-state index contributed by atoms with van der Waals surface area (Å²) in [5.41, 5.74) is 0.292. The molecule has 8 heteroatoms. The van der Waals surface area contributed by atoms with E-state index in [1.165, 1.54) is 0 Å². The van der Waals surface area contributed by atoms with Gasteiger partial charge in [-0.05, 0) is 30.9 Å². The molecule has 3 rings (SSSR count). The van der Waals surface area contributed by atoms with Crippen molar-refractivity contribution in [3.63, 3.8) is 0 Å². The number of pyridine rings is 1. The Labute approximate surface area is 167 Å². The van der Waals surface area contributed by atoms with Crippen LogP contribution in [-0.2, 0) is 32.7 Å². The summed E-state index contributed by atoms with van der Waals surface area (Å²) in [6, 6.07) is 6.67. The summed E-state index contributed by atoms with van der Waals surface area (Å²) in [6.07, 6.45) is -1.38. The van der Waals surface area contributed by atoms with Crippen LogP contribution in [-0.4, -0.2) is 39.4 Å². The van der Waals surface area contributed by atoms with Crippen LogP contribution in [0.4, 0.5) is 4.79 Å². The monoisotopic (exact) mass is 399 g/mol. The number of aromatic nitrogens is 1. The molecular formula is C21H21NO7.